The smallest absolute Gasteiger partial charge is 0.162 e. The molecule has 6 nitrogen and oxygen atoms in total. The van der Waals surface area contributed by atoms with Crippen molar-refractivity contribution in [2.45, 2.75) is 25.9 Å². The van der Waals surface area contributed by atoms with Crippen LogP contribution < -0.4 is 4.74 Å². The van der Waals surface area contributed by atoms with Crippen molar-refractivity contribution in [3.8, 4) is 28.0 Å². The Morgan fingerprint density at radius 1 is 1.00 bits per heavy atom. The Labute approximate surface area is 185 Å². The Kier molecular flexibility index (Phi) is 5.97. The quantitative estimate of drug-likeness (QED) is 0.465. The van der Waals surface area contributed by atoms with E-state index in [1.165, 1.54) is 32.4 Å². The van der Waals surface area contributed by atoms with E-state index in [2.05, 4.69) is 27.1 Å². The number of fused-ring (bicyclic) bond motifs is 1. The Balaban J connectivity index is 1.27. The lowest BCUT2D eigenvalue weighted by molar-refractivity contribution is 0.183. The molecule has 7 heteroatoms. The van der Waals surface area contributed by atoms with Gasteiger partial charge >= 0.3 is 0 Å². The van der Waals surface area contributed by atoms with E-state index in [0.717, 1.165) is 51.7 Å². The van der Waals surface area contributed by atoms with E-state index in [0.29, 0.717) is 0 Å². The summed E-state index contributed by atoms with van der Waals surface area (Å²) in [5.41, 5.74) is 4.90. The van der Waals surface area contributed by atoms with Crippen LogP contribution in [0.3, 0.4) is 0 Å². The number of thiophene rings is 1. The predicted molar refractivity (Wildman–Crippen MR) is 123 cm³/mol. The molecular formula is C24H26N4O2S. The molecule has 3 aromatic heterocycles. The van der Waals surface area contributed by atoms with Gasteiger partial charge < -0.3 is 9.84 Å². The first-order valence-electron chi connectivity index (χ1n) is 10.8. The van der Waals surface area contributed by atoms with Crippen LogP contribution in [0.15, 0.2) is 54.3 Å². The van der Waals surface area contributed by atoms with E-state index in [1.54, 1.807) is 11.3 Å². The molecule has 4 heterocycles. The molecule has 31 heavy (non-hydrogen) atoms. The summed E-state index contributed by atoms with van der Waals surface area (Å²) in [5, 5.41) is 15.8. The topological polar surface area (TPSA) is 62.9 Å². The van der Waals surface area contributed by atoms with Crippen LogP contribution in [0, 0.1) is 0 Å². The number of hydrogen-bond donors (Lipinski definition) is 1. The molecule has 0 aliphatic carbocycles. The second kappa shape index (κ2) is 9.18. The number of likely N-dealkylation sites (tertiary alicyclic amines) is 1. The summed E-state index contributed by atoms with van der Waals surface area (Å²) >= 11 is 1.54. The first kappa shape index (κ1) is 20.2. The van der Waals surface area contributed by atoms with Crippen LogP contribution in [0.25, 0.3) is 27.9 Å². The van der Waals surface area contributed by atoms with Gasteiger partial charge in [-0.1, -0.05) is 18.6 Å². The SMILES string of the molecule is OCc1cc(-c2cnn3cc(-c4ccc(OCCN5CCCCC5)cc4)cnc23)cs1. The number of aliphatic hydroxyl groups excluding tert-OH is 1. The fourth-order valence-corrected chi connectivity index (χ4v) is 4.79. The van der Waals surface area contributed by atoms with Crippen LogP contribution >= 0.6 is 11.3 Å². The van der Waals surface area contributed by atoms with Crippen LogP contribution in [-0.4, -0.2) is 50.8 Å². The number of aliphatic hydroxyl groups is 1. The molecule has 1 saturated heterocycles. The minimum Gasteiger partial charge on any atom is -0.492 e. The molecule has 0 spiro atoms. The number of nitrogens with zero attached hydrogens (tertiary/aromatic N) is 4. The maximum atomic E-state index is 9.31. The van der Waals surface area contributed by atoms with Gasteiger partial charge in [0, 0.05) is 34.9 Å². The lowest BCUT2D eigenvalue weighted by Crippen LogP contribution is -2.33. The lowest BCUT2D eigenvalue weighted by Gasteiger charge is -2.26. The fraction of sp³-hybridized carbons (Fsp3) is 0.333. The van der Waals surface area contributed by atoms with Gasteiger partial charge in [-0.25, -0.2) is 9.50 Å². The Morgan fingerprint density at radius 2 is 1.84 bits per heavy atom. The molecule has 0 atom stereocenters. The minimum atomic E-state index is 0.0550. The van der Waals surface area contributed by atoms with Crippen LogP contribution in [0.4, 0.5) is 0 Å². The summed E-state index contributed by atoms with van der Waals surface area (Å²) in [6.07, 6.45) is 9.68. The fourth-order valence-electron chi connectivity index (χ4n) is 4.05. The highest BCUT2D eigenvalue weighted by molar-refractivity contribution is 7.10. The molecule has 0 radical (unpaired) electrons. The summed E-state index contributed by atoms with van der Waals surface area (Å²) in [6, 6.07) is 10.2. The second-order valence-corrected chi connectivity index (χ2v) is 8.90. The van der Waals surface area contributed by atoms with Crippen molar-refractivity contribution in [3.05, 3.63) is 59.2 Å². The van der Waals surface area contributed by atoms with Crippen molar-refractivity contribution in [3.63, 3.8) is 0 Å². The zero-order valence-corrected chi connectivity index (χ0v) is 18.2. The van der Waals surface area contributed by atoms with Crippen molar-refractivity contribution in [2.24, 2.45) is 0 Å². The molecule has 1 fully saturated rings. The number of hydrogen-bond acceptors (Lipinski definition) is 6. The molecule has 4 aromatic rings. The highest BCUT2D eigenvalue weighted by Crippen LogP contribution is 2.29. The third-order valence-corrected chi connectivity index (χ3v) is 6.71. The van der Waals surface area contributed by atoms with E-state index in [9.17, 15) is 5.11 Å². The van der Waals surface area contributed by atoms with Gasteiger partial charge in [0.05, 0.1) is 12.8 Å². The predicted octanol–water partition coefficient (Wildman–Crippen LogP) is 4.48. The van der Waals surface area contributed by atoms with Gasteiger partial charge in [0.1, 0.15) is 12.4 Å². The first-order valence-corrected chi connectivity index (χ1v) is 11.7. The zero-order valence-electron chi connectivity index (χ0n) is 17.4. The van der Waals surface area contributed by atoms with Crippen LogP contribution in [0.2, 0.25) is 0 Å². The number of piperidine rings is 1. The highest BCUT2D eigenvalue weighted by Gasteiger charge is 2.12. The molecule has 0 bridgehead atoms. The molecule has 5 rings (SSSR count). The average Bonchev–Trinajstić information content (AvgIpc) is 3.46. The molecule has 1 aliphatic rings. The maximum Gasteiger partial charge on any atom is 0.162 e. The molecule has 1 N–H and O–H groups in total. The van der Waals surface area contributed by atoms with Gasteiger partial charge in [0.2, 0.25) is 0 Å². The number of benzene rings is 1. The maximum absolute atomic E-state index is 9.31. The van der Waals surface area contributed by atoms with Crippen molar-refractivity contribution >= 4 is 17.0 Å². The third-order valence-electron chi connectivity index (χ3n) is 5.79. The van der Waals surface area contributed by atoms with Gasteiger partial charge in [-0.05, 0) is 60.6 Å². The van der Waals surface area contributed by atoms with Gasteiger partial charge in [0.25, 0.3) is 0 Å². The largest absolute Gasteiger partial charge is 0.492 e. The van der Waals surface area contributed by atoms with E-state index in [4.69, 9.17) is 4.74 Å². The van der Waals surface area contributed by atoms with Crippen LogP contribution in [0.1, 0.15) is 24.1 Å². The molecule has 1 aromatic carbocycles. The Morgan fingerprint density at radius 3 is 2.61 bits per heavy atom. The third kappa shape index (κ3) is 4.49. The van der Waals surface area contributed by atoms with Gasteiger partial charge in [0.15, 0.2) is 5.65 Å². The molecule has 0 saturated carbocycles. The molecule has 1 aliphatic heterocycles. The normalized spacial score (nSPS) is 14.9. The van der Waals surface area contributed by atoms with Gasteiger partial charge in [-0.2, -0.15) is 5.10 Å². The second-order valence-electron chi connectivity index (χ2n) is 7.90. The zero-order chi connectivity index (χ0) is 21.0. The molecule has 160 valence electrons. The van der Waals surface area contributed by atoms with Crippen molar-refractivity contribution in [1.82, 2.24) is 19.5 Å². The average molecular weight is 435 g/mol. The van der Waals surface area contributed by atoms with Crippen molar-refractivity contribution in [1.29, 1.82) is 0 Å². The summed E-state index contributed by atoms with van der Waals surface area (Å²) in [5.74, 6) is 0.897. The van der Waals surface area contributed by atoms with Crippen LogP contribution in [-0.2, 0) is 6.61 Å². The Hall–Kier alpha value is -2.74. The highest BCUT2D eigenvalue weighted by atomic mass is 32.1. The van der Waals surface area contributed by atoms with E-state index in [1.807, 2.05) is 46.7 Å². The summed E-state index contributed by atoms with van der Waals surface area (Å²) in [4.78, 5) is 8.08. The summed E-state index contributed by atoms with van der Waals surface area (Å²) in [7, 11) is 0. The van der Waals surface area contributed by atoms with E-state index >= 15 is 0 Å². The lowest BCUT2D eigenvalue weighted by atomic mass is 10.1. The number of aromatic nitrogens is 3. The number of rotatable bonds is 7. The standard InChI is InChI=1S/C24H26N4O2S/c29-16-22-12-19(17-31-22)23-14-26-28-15-20(13-25-24(23)28)18-4-6-21(7-5-18)30-11-10-27-8-2-1-3-9-27/h4-7,12-15,17,29H,1-3,8-11,16H2. The minimum absolute atomic E-state index is 0.0550. The van der Waals surface area contributed by atoms with Gasteiger partial charge in [-0.15, -0.1) is 11.3 Å². The monoisotopic (exact) mass is 434 g/mol. The van der Waals surface area contributed by atoms with E-state index in [-0.39, 0.29) is 6.61 Å². The van der Waals surface area contributed by atoms with E-state index < -0.39 is 0 Å². The molecular weight excluding hydrogens is 408 g/mol. The van der Waals surface area contributed by atoms with Gasteiger partial charge in [-0.3, -0.25) is 4.90 Å². The van der Waals surface area contributed by atoms with Crippen LogP contribution in [0.5, 0.6) is 5.75 Å². The molecule has 0 amide bonds. The molecule has 0 unspecified atom stereocenters. The van der Waals surface area contributed by atoms with Crippen molar-refractivity contribution in [2.75, 3.05) is 26.2 Å². The van der Waals surface area contributed by atoms with Crippen molar-refractivity contribution < 1.29 is 9.84 Å². The first-order chi connectivity index (χ1) is 15.3. The Bertz CT molecular complexity index is 1150. The summed E-state index contributed by atoms with van der Waals surface area (Å²) < 4.78 is 7.75. The number of ether oxygens (including phenoxy) is 1. The summed E-state index contributed by atoms with van der Waals surface area (Å²) in [6.45, 7) is 4.17.